The smallest absolute Gasteiger partial charge is 0.0590 e. The van der Waals surface area contributed by atoms with Gasteiger partial charge in [-0.15, -0.1) is 0 Å². The Morgan fingerprint density at radius 1 is 0.875 bits per heavy atom. The number of benzene rings is 2. The van der Waals surface area contributed by atoms with Crippen LogP contribution in [0.4, 0.5) is 5.69 Å². The van der Waals surface area contributed by atoms with Gasteiger partial charge in [-0.25, -0.2) is 0 Å². The van der Waals surface area contributed by atoms with E-state index >= 15 is 0 Å². The van der Waals surface area contributed by atoms with Gasteiger partial charge in [0.25, 0.3) is 0 Å². The largest absolute Gasteiger partial charge is 0.269 e. The summed E-state index contributed by atoms with van der Waals surface area (Å²) in [7, 11) is 1.94. The van der Waals surface area contributed by atoms with Gasteiger partial charge in [0.05, 0.1) is 11.9 Å². The van der Waals surface area contributed by atoms with Crippen molar-refractivity contribution in [2.45, 2.75) is 0 Å². The third-order valence-corrected chi connectivity index (χ3v) is 2.31. The monoisotopic (exact) mass is 210 g/mol. The molecular formula is C14H14N2. The zero-order chi connectivity index (χ0) is 11.2. The molecule has 0 spiro atoms. The zero-order valence-corrected chi connectivity index (χ0v) is 9.25. The fourth-order valence-electron chi connectivity index (χ4n) is 1.40. The van der Waals surface area contributed by atoms with Gasteiger partial charge < -0.3 is 0 Å². The molecule has 0 unspecified atom stereocenters. The average molecular weight is 210 g/mol. The first-order chi connectivity index (χ1) is 7.86. The zero-order valence-electron chi connectivity index (χ0n) is 9.25. The highest BCUT2D eigenvalue weighted by Gasteiger charge is 1.94. The highest BCUT2D eigenvalue weighted by molar-refractivity contribution is 5.80. The van der Waals surface area contributed by atoms with E-state index in [1.54, 1.807) is 0 Å². The summed E-state index contributed by atoms with van der Waals surface area (Å²) < 4.78 is 0. The molecule has 0 radical (unpaired) electrons. The Kier molecular flexibility index (Phi) is 3.34. The summed E-state index contributed by atoms with van der Waals surface area (Å²) in [5.74, 6) is 0. The van der Waals surface area contributed by atoms with Crippen molar-refractivity contribution in [3.8, 4) is 0 Å². The molecule has 0 saturated heterocycles. The molecule has 2 aromatic rings. The first kappa shape index (κ1) is 10.4. The standard InChI is InChI=1S/C14H14N2/c1-16(14-10-6-3-7-11-14)15-12-13-8-4-2-5-9-13/h2-12H,1H3/b15-12+. The van der Waals surface area contributed by atoms with Crippen LogP contribution in [0, 0.1) is 0 Å². The lowest BCUT2D eigenvalue weighted by Gasteiger charge is -2.11. The third-order valence-electron chi connectivity index (χ3n) is 2.31. The lowest BCUT2D eigenvalue weighted by molar-refractivity contribution is 1.02. The highest BCUT2D eigenvalue weighted by Crippen LogP contribution is 2.10. The van der Waals surface area contributed by atoms with E-state index < -0.39 is 0 Å². The summed E-state index contributed by atoms with van der Waals surface area (Å²) >= 11 is 0. The molecule has 0 bridgehead atoms. The fourth-order valence-corrected chi connectivity index (χ4v) is 1.40. The predicted molar refractivity (Wildman–Crippen MR) is 68.9 cm³/mol. The van der Waals surface area contributed by atoms with Crippen LogP contribution in [0.2, 0.25) is 0 Å². The molecule has 0 aliphatic carbocycles. The molecule has 2 aromatic carbocycles. The minimum atomic E-state index is 1.08. The molecule has 80 valence electrons. The normalized spacial score (nSPS) is 10.6. The summed E-state index contributed by atoms with van der Waals surface area (Å²) in [5, 5.41) is 6.23. The number of hydrogen-bond acceptors (Lipinski definition) is 2. The van der Waals surface area contributed by atoms with Crippen LogP contribution in [0.1, 0.15) is 5.56 Å². The van der Waals surface area contributed by atoms with Crippen molar-refractivity contribution in [3.63, 3.8) is 0 Å². The number of hydrazone groups is 1. The molecule has 2 nitrogen and oxygen atoms in total. The Hall–Kier alpha value is -2.09. The third kappa shape index (κ3) is 2.70. The molecule has 0 aliphatic heterocycles. The van der Waals surface area contributed by atoms with E-state index in [0.717, 1.165) is 11.3 Å². The van der Waals surface area contributed by atoms with E-state index in [1.165, 1.54) is 0 Å². The van der Waals surface area contributed by atoms with Crippen molar-refractivity contribution in [1.29, 1.82) is 0 Å². The second-order valence-electron chi connectivity index (χ2n) is 3.51. The van der Waals surface area contributed by atoms with Crippen molar-refractivity contribution in [2.24, 2.45) is 5.10 Å². The van der Waals surface area contributed by atoms with Crippen LogP contribution in [0.3, 0.4) is 0 Å². The summed E-state index contributed by atoms with van der Waals surface area (Å²) in [6.07, 6.45) is 1.85. The van der Waals surface area contributed by atoms with Crippen molar-refractivity contribution in [3.05, 3.63) is 66.2 Å². The molecule has 0 N–H and O–H groups in total. The maximum Gasteiger partial charge on any atom is 0.0590 e. The molecule has 0 atom stereocenters. The fraction of sp³-hybridized carbons (Fsp3) is 0.0714. The number of nitrogens with zero attached hydrogens (tertiary/aromatic N) is 2. The number of anilines is 1. The molecule has 0 aliphatic rings. The molecular weight excluding hydrogens is 196 g/mol. The topological polar surface area (TPSA) is 15.6 Å². The Balaban J connectivity index is 2.08. The minimum absolute atomic E-state index is 1.08. The SMILES string of the molecule is CN(/N=C/c1ccccc1)c1ccccc1. The van der Waals surface area contributed by atoms with Crippen molar-refractivity contribution < 1.29 is 0 Å². The van der Waals surface area contributed by atoms with E-state index in [9.17, 15) is 0 Å². The lowest BCUT2D eigenvalue weighted by atomic mass is 10.2. The minimum Gasteiger partial charge on any atom is -0.269 e. The van der Waals surface area contributed by atoms with Crippen LogP contribution in [0.25, 0.3) is 0 Å². The highest BCUT2D eigenvalue weighted by atomic mass is 15.4. The maximum atomic E-state index is 4.37. The molecule has 2 heteroatoms. The summed E-state index contributed by atoms with van der Waals surface area (Å²) in [6, 6.07) is 20.1. The van der Waals surface area contributed by atoms with Crippen molar-refractivity contribution in [1.82, 2.24) is 0 Å². The van der Waals surface area contributed by atoms with Crippen LogP contribution in [0.5, 0.6) is 0 Å². The van der Waals surface area contributed by atoms with Crippen LogP contribution in [-0.2, 0) is 0 Å². The van der Waals surface area contributed by atoms with Gasteiger partial charge in [-0.2, -0.15) is 5.10 Å². The van der Waals surface area contributed by atoms with Gasteiger partial charge in [0.1, 0.15) is 0 Å². The lowest BCUT2D eigenvalue weighted by Crippen LogP contribution is -2.08. The first-order valence-electron chi connectivity index (χ1n) is 5.24. The Morgan fingerprint density at radius 3 is 2.06 bits per heavy atom. The van der Waals surface area contributed by atoms with Crippen molar-refractivity contribution >= 4 is 11.9 Å². The molecule has 0 heterocycles. The quantitative estimate of drug-likeness (QED) is 0.561. The number of hydrogen-bond donors (Lipinski definition) is 0. The average Bonchev–Trinajstić information content (AvgIpc) is 2.38. The molecule has 0 saturated carbocycles. The van der Waals surface area contributed by atoms with Crippen LogP contribution < -0.4 is 5.01 Å². The van der Waals surface area contributed by atoms with Gasteiger partial charge in [-0.05, 0) is 17.7 Å². The Labute approximate surface area is 95.8 Å². The van der Waals surface area contributed by atoms with Gasteiger partial charge in [0.2, 0.25) is 0 Å². The van der Waals surface area contributed by atoms with E-state index in [-0.39, 0.29) is 0 Å². The molecule has 16 heavy (non-hydrogen) atoms. The maximum absolute atomic E-state index is 4.37. The van der Waals surface area contributed by atoms with Gasteiger partial charge in [-0.1, -0.05) is 48.5 Å². The van der Waals surface area contributed by atoms with Gasteiger partial charge in [0, 0.05) is 7.05 Å². The first-order valence-corrected chi connectivity index (χ1v) is 5.24. The number of para-hydroxylation sites is 1. The van der Waals surface area contributed by atoms with Gasteiger partial charge >= 0.3 is 0 Å². The van der Waals surface area contributed by atoms with Crippen LogP contribution >= 0.6 is 0 Å². The second-order valence-corrected chi connectivity index (χ2v) is 3.51. The molecule has 0 fully saturated rings. The predicted octanol–water partition coefficient (Wildman–Crippen LogP) is 3.16. The van der Waals surface area contributed by atoms with E-state index in [1.807, 2.05) is 78.9 Å². The second kappa shape index (κ2) is 5.12. The summed E-state index contributed by atoms with van der Waals surface area (Å²) in [6.45, 7) is 0. The molecule has 0 aromatic heterocycles. The Morgan fingerprint density at radius 2 is 1.44 bits per heavy atom. The van der Waals surface area contributed by atoms with Gasteiger partial charge in [-0.3, -0.25) is 5.01 Å². The van der Waals surface area contributed by atoms with Crippen molar-refractivity contribution in [2.75, 3.05) is 12.1 Å². The van der Waals surface area contributed by atoms with E-state index in [2.05, 4.69) is 5.10 Å². The van der Waals surface area contributed by atoms with Gasteiger partial charge in [0.15, 0.2) is 0 Å². The van der Waals surface area contributed by atoms with E-state index in [0.29, 0.717) is 0 Å². The summed E-state index contributed by atoms with van der Waals surface area (Å²) in [5.41, 5.74) is 2.18. The van der Waals surface area contributed by atoms with Crippen LogP contribution in [-0.4, -0.2) is 13.3 Å². The molecule has 0 amide bonds. The summed E-state index contributed by atoms with van der Waals surface area (Å²) in [4.78, 5) is 0. The van der Waals surface area contributed by atoms with E-state index in [4.69, 9.17) is 0 Å². The van der Waals surface area contributed by atoms with Crippen LogP contribution in [0.15, 0.2) is 65.8 Å². The molecule has 2 rings (SSSR count). The Bertz CT molecular complexity index is 449. The number of rotatable bonds is 3.